The molecule has 168 valence electrons. The van der Waals surface area contributed by atoms with E-state index in [-0.39, 0.29) is 5.91 Å². The van der Waals surface area contributed by atoms with E-state index in [1.165, 1.54) is 0 Å². The van der Waals surface area contributed by atoms with Crippen LogP contribution in [0.5, 0.6) is 0 Å². The number of hydrazone groups is 1. The molecule has 0 saturated carbocycles. The third kappa shape index (κ3) is 4.61. The number of benzene rings is 2. The minimum absolute atomic E-state index is 0.364. The fourth-order valence-electron chi connectivity index (χ4n) is 4.05. The molecule has 0 spiro atoms. The second kappa shape index (κ2) is 9.30. The van der Waals surface area contributed by atoms with E-state index in [4.69, 9.17) is 23.2 Å². The van der Waals surface area contributed by atoms with Crippen LogP contribution in [0.3, 0.4) is 0 Å². The van der Waals surface area contributed by atoms with E-state index in [2.05, 4.69) is 19.7 Å². The molecule has 2 heterocycles. The fourth-order valence-corrected chi connectivity index (χ4v) is 4.44. The second-order valence-electron chi connectivity index (χ2n) is 7.96. The summed E-state index contributed by atoms with van der Waals surface area (Å²) < 4.78 is 4.16. The number of aromatic nitrogens is 2. The summed E-state index contributed by atoms with van der Waals surface area (Å²) in [6.07, 6.45) is 1.64. The van der Waals surface area contributed by atoms with E-state index in [9.17, 15) is 4.79 Å². The van der Waals surface area contributed by atoms with Crippen LogP contribution in [0.2, 0.25) is 10.0 Å². The highest BCUT2D eigenvalue weighted by atomic mass is 35.5. The van der Waals surface area contributed by atoms with Gasteiger partial charge in [-0.15, -0.1) is 0 Å². The first-order valence-corrected chi connectivity index (χ1v) is 11.2. The Morgan fingerprint density at radius 2 is 1.55 bits per heavy atom. The number of rotatable bonds is 5. The molecule has 7 heteroatoms. The average Bonchev–Trinajstić information content (AvgIpc) is 3.25. The summed E-state index contributed by atoms with van der Waals surface area (Å²) in [5, 5.41) is 5.23. The highest BCUT2D eigenvalue weighted by Gasteiger charge is 2.14. The van der Waals surface area contributed by atoms with Gasteiger partial charge in [-0.3, -0.25) is 4.79 Å². The van der Waals surface area contributed by atoms with Crippen molar-refractivity contribution >= 4 is 35.3 Å². The maximum Gasteiger partial charge on any atom is 0.272 e. The zero-order valence-corrected chi connectivity index (χ0v) is 20.4. The van der Waals surface area contributed by atoms with Gasteiger partial charge in [-0.2, -0.15) is 5.10 Å². The van der Waals surface area contributed by atoms with Crippen molar-refractivity contribution in [2.75, 3.05) is 0 Å². The Morgan fingerprint density at radius 3 is 2.24 bits per heavy atom. The third-order valence-corrected chi connectivity index (χ3v) is 6.20. The van der Waals surface area contributed by atoms with Crippen LogP contribution in [0.25, 0.3) is 11.4 Å². The molecular weight excluding hydrogens is 455 g/mol. The Morgan fingerprint density at radius 1 is 0.848 bits per heavy atom. The van der Waals surface area contributed by atoms with E-state index in [1.54, 1.807) is 18.3 Å². The number of carbonyl (C=O) groups is 1. The zero-order valence-electron chi connectivity index (χ0n) is 18.9. The van der Waals surface area contributed by atoms with Gasteiger partial charge in [-0.05, 0) is 82.3 Å². The molecule has 0 unspecified atom stereocenters. The van der Waals surface area contributed by atoms with Crippen molar-refractivity contribution in [1.82, 2.24) is 14.6 Å². The maximum atomic E-state index is 12.8. The van der Waals surface area contributed by atoms with Gasteiger partial charge in [0.25, 0.3) is 5.91 Å². The molecule has 1 N–H and O–H groups in total. The molecule has 4 rings (SSSR count). The van der Waals surface area contributed by atoms with E-state index in [0.29, 0.717) is 15.6 Å². The lowest BCUT2D eigenvalue weighted by molar-refractivity contribution is 0.0955. The largest absolute Gasteiger partial charge is 0.318 e. The molecule has 0 aliphatic rings. The van der Waals surface area contributed by atoms with Crippen molar-refractivity contribution < 1.29 is 4.79 Å². The quantitative estimate of drug-likeness (QED) is 0.255. The molecule has 0 aliphatic heterocycles. The molecule has 2 aromatic carbocycles. The van der Waals surface area contributed by atoms with Crippen LogP contribution < -0.4 is 5.43 Å². The molecule has 33 heavy (non-hydrogen) atoms. The first kappa shape index (κ1) is 22.9. The summed E-state index contributed by atoms with van der Waals surface area (Å²) in [6, 6.07) is 19.2. The Balaban J connectivity index is 1.56. The van der Waals surface area contributed by atoms with Crippen molar-refractivity contribution in [3.05, 3.63) is 105 Å². The second-order valence-corrected chi connectivity index (χ2v) is 8.80. The molecule has 0 atom stereocenters. The number of hydrogen-bond donors (Lipinski definition) is 1. The van der Waals surface area contributed by atoms with Crippen LogP contribution in [-0.4, -0.2) is 21.3 Å². The van der Waals surface area contributed by atoms with Gasteiger partial charge in [0, 0.05) is 44.7 Å². The van der Waals surface area contributed by atoms with Gasteiger partial charge in [0.05, 0.1) is 16.8 Å². The van der Waals surface area contributed by atoms with E-state index < -0.39 is 0 Å². The summed E-state index contributed by atoms with van der Waals surface area (Å²) in [7, 11) is 0. The van der Waals surface area contributed by atoms with Gasteiger partial charge in [-0.25, -0.2) is 5.43 Å². The molecule has 5 nitrogen and oxygen atoms in total. The van der Waals surface area contributed by atoms with Crippen molar-refractivity contribution in [3.8, 4) is 11.4 Å². The molecule has 2 aromatic heterocycles. The van der Waals surface area contributed by atoms with Gasteiger partial charge >= 0.3 is 0 Å². The maximum absolute atomic E-state index is 12.8. The van der Waals surface area contributed by atoms with Crippen molar-refractivity contribution in [2.24, 2.45) is 5.10 Å². The van der Waals surface area contributed by atoms with Crippen molar-refractivity contribution in [2.45, 2.75) is 27.7 Å². The lowest BCUT2D eigenvalue weighted by atomic mass is 10.2. The number of aryl methyl sites for hydroxylation is 3. The molecule has 0 saturated heterocycles. The van der Waals surface area contributed by atoms with Crippen LogP contribution in [0.15, 0.2) is 65.8 Å². The van der Waals surface area contributed by atoms with Gasteiger partial charge in [0.1, 0.15) is 0 Å². The minimum atomic E-state index is -0.371. The average molecular weight is 479 g/mol. The normalized spacial score (nSPS) is 11.3. The Hall–Kier alpha value is -3.28. The number of amides is 1. The van der Waals surface area contributed by atoms with Crippen LogP contribution in [0.1, 0.15) is 38.7 Å². The number of hydrogen-bond acceptors (Lipinski definition) is 2. The molecule has 1 amide bonds. The monoisotopic (exact) mass is 478 g/mol. The SMILES string of the molecule is Cc1ccc(C)n1-c1ccc(Cl)c(C(=O)NN=Cc2cc(C)n(-c3cccc(Cl)c3)c2C)c1. The Bertz CT molecular complexity index is 1360. The summed E-state index contributed by atoms with van der Waals surface area (Å²) in [5.41, 5.74) is 9.89. The molecular formula is C26H24Cl2N4O. The van der Waals surface area contributed by atoms with Crippen LogP contribution >= 0.6 is 23.2 Å². The van der Waals surface area contributed by atoms with Crippen LogP contribution in [0, 0.1) is 27.7 Å². The first-order chi connectivity index (χ1) is 15.8. The lowest BCUT2D eigenvalue weighted by Crippen LogP contribution is -2.18. The molecule has 0 fully saturated rings. The smallest absolute Gasteiger partial charge is 0.272 e. The van der Waals surface area contributed by atoms with Gasteiger partial charge in [-0.1, -0.05) is 29.3 Å². The Labute approximate surface area is 203 Å². The van der Waals surface area contributed by atoms with Crippen LogP contribution in [0.4, 0.5) is 0 Å². The highest BCUT2D eigenvalue weighted by Crippen LogP contribution is 2.24. The standard InChI is InChI=1S/C26H24Cl2N4O/c1-16-8-9-17(2)31(16)23-10-11-25(28)24(14-23)26(33)30-29-15-20-12-18(3)32(19(20)4)22-7-5-6-21(27)13-22/h5-15H,1-4H3,(H,30,33). The predicted octanol–water partition coefficient (Wildman–Crippen LogP) is 6.57. The lowest BCUT2D eigenvalue weighted by Gasteiger charge is -2.12. The predicted molar refractivity (Wildman–Crippen MR) is 136 cm³/mol. The number of nitrogens with one attached hydrogen (secondary N) is 1. The first-order valence-electron chi connectivity index (χ1n) is 10.5. The minimum Gasteiger partial charge on any atom is -0.318 e. The van der Waals surface area contributed by atoms with E-state index in [1.807, 2.05) is 76.2 Å². The topological polar surface area (TPSA) is 51.3 Å². The van der Waals surface area contributed by atoms with Crippen LogP contribution in [-0.2, 0) is 0 Å². The fraction of sp³-hybridized carbons (Fsp3) is 0.154. The van der Waals surface area contributed by atoms with Gasteiger partial charge in [0.15, 0.2) is 0 Å². The number of carbonyl (C=O) groups excluding carboxylic acids is 1. The summed E-state index contributed by atoms with van der Waals surface area (Å²) in [5.74, 6) is -0.371. The summed E-state index contributed by atoms with van der Waals surface area (Å²) in [4.78, 5) is 12.8. The zero-order chi connectivity index (χ0) is 23.7. The number of nitrogens with zero attached hydrogens (tertiary/aromatic N) is 3. The molecule has 0 radical (unpaired) electrons. The Kier molecular flexibility index (Phi) is 6.45. The highest BCUT2D eigenvalue weighted by molar-refractivity contribution is 6.34. The van der Waals surface area contributed by atoms with E-state index in [0.717, 1.165) is 39.7 Å². The summed E-state index contributed by atoms with van der Waals surface area (Å²) >= 11 is 12.5. The molecule has 0 aliphatic carbocycles. The van der Waals surface area contributed by atoms with Crippen molar-refractivity contribution in [1.29, 1.82) is 0 Å². The number of halogens is 2. The van der Waals surface area contributed by atoms with E-state index >= 15 is 0 Å². The third-order valence-electron chi connectivity index (χ3n) is 5.63. The summed E-state index contributed by atoms with van der Waals surface area (Å²) in [6.45, 7) is 8.05. The van der Waals surface area contributed by atoms with Gasteiger partial charge in [0.2, 0.25) is 0 Å². The van der Waals surface area contributed by atoms with Gasteiger partial charge < -0.3 is 9.13 Å². The molecule has 4 aromatic rings. The molecule has 0 bridgehead atoms. The van der Waals surface area contributed by atoms with Crippen molar-refractivity contribution in [3.63, 3.8) is 0 Å².